The Morgan fingerprint density at radius 3 is 2.71 bits per heavy atom. The van der Waals surface area contributed by atoms with E-state index in [1.54, 1.807) is 31.2 Å². The van der Waals surface area contributed by atoms with Crippen LogP contribution in [-0.4, -0.2) is 21.0 Å². The third-order valence-electron chi connectivity index (χ3n) is 3.52. The van der Waals surface area contributed by atoms with Crippen LogP contribution in [-0.2, 0) is 0 Å². The number of benzene rings is 1. The number of nitrogens with one attached hydrogen (secondary N) is 2. The van der Waals surface area contributed by atoms with E-state index in [-0.39, 0.29) is 11.3 Å². The van der Waals surface area contributed by atoms with E-state index in [9.17, 15) is 14.7 Å². The standard InChI is InChI=1S/C17H14BrN3O3/c1-8-5-9(2)19-13(6-8)21-17(24)14-15(22)11-7-10(18)3-4-12(11)20-16(14)23/h3-7H,1-2H3,(H,19,21,24)(H2,20,22,23). The second-order valence-electron chi connectivity index (χ2n) is 5.49. The first-order valence-electron chi connectivity index (χ1n) is 7.16. The fourth-order valence-electron chi connectivity index (χ4n) is 2.54. The number of aromatic amines is 1. The molecule has 2 heterocycles. The van der Waals surface area contributed by atoms with Crippen molar-refractivity contribution in [1.82, 2.24) is 9.97 Å². The van der Waals surface area contributed by atoms with E-state index in [2.05, 4.69) is 31.2 Å². The molecule has 0 saturated heterocycles. The van der Waals surface area contributed by atoms with Crippen molar-refractivity contribution in [2.45, 2.75) is 13.8 Å². The van der Waals surface area contributed by atoms with Gasteiger partial charge in [-0.25, -0.2) is 4.98 Å². The molecule has 1 amide bonds. The molecule has 0 unspecified atom stereocenters. The first-order valence-corrected chi connectivity index (χ1v) is 7.95. The fourth-order valence-corrected chi connectivity index (χ4v) is 2.90. The van der Waals surface area contributed by atoms with Gasteiger partial charge in [-0.1, -0.05) is 15.9 Å². The number of aryl methyl sites for hydroxylation is 2. The van der Waals surface area contributed by atoms with Crippen LogP contribution in [0.2, 0.25) is 0 Å². The number of anilines is 1. The van der Waals surface area contributed by atoms with Gasteiger partial charge in [-0.05, 0) is 49.7 Å². The molecule has 0 fully saturated rings. The van der Waals surface area contributed by atoms with Crippen molar-refractivity contribution in [3.05, 3.63) is 62.0 Å². The van der Waals surface area contributed by atoms with Gasteiger partial charge >= 0.3 is 0 Å². The Morgan fingerprint density at radius 2 is 2.00 bits per heavy atom. The van der Waals surface area contributed by atoms with Crippen molar-refractivity contribution >= 4 is 38.6 Å². The molecular formula is C17H14BrN3O3. The zero-order chi connectivity index (χ0) is 17.4. The Balaban J connectivity index is 2.08. The van der Waals surface area contributed by atoms with E-state index < -0.39 is 11.5 Å². The summed E-state index contributed by atoms with van der Waals surface area (Å²) in [5, 5.41) is 13.3. The summed E-state index contributed by atoms with van der Waals surface area (Å²) in [7, 11) is 0. The Labute approximate surface area is 145 Å². The number of carbonyl (C=O) groups is 1. The molecule has 2 aromatic heterocycles. The molecule has 122 valence electrons. The van der Waals surface area contributed by atoms with E-state index in [0.717, 1.165) is 15.7 Å². The smallest absolute Gasteiger partial charge is 0.266 e. The lowest BCUT2D eigenvalue weighted by Crippen LogP contribution is -2.24. The summed E-state index contributed by atoms with van der Waals surface area (Å²) in [6, 6.07) is 8.57. The number of aromatic nitrogens is 2. The summed E-state index contributed by atoms with van der Waals surface area (Å²) >= 11 is 3.30. The number of hydrogen-bond acceptors (Lipinski definition) is 4. The molecule has 3 aromatic rings. The lowest BCUT2D eigenvalue weighted by molar-refractivity contribution is 0.102. The lowest BCUT2D eigenvalue weighted by atomic mass is 10.1. The number of fused-ring (bicyclic) bond motifs is 1. The highest BCUT2D eigenvalue weighted by Crippen LogP contribution is 2.28. The normalized spacial score (nSPS) is 10.8. The molecule has 24 heavy (non-hydrogen) atoms. The van der Waals surface area contributed by atoms with Gasteiger partial charge in [0.1, 0.15) is 17.1 Å². The third-order valence-corrected chi connectivity index (χ3v) is 4.01. The molecule has 0 aliphatic heterocycles. The number of hydrogen-bond donors (Lipinski definition) is 3. The van der Waals surface area contributed by atoms with Crippen molar-refractivity contribution < 1.29 is 9.90 Å². The molecule has 1 aromatic carbocycles. The maximum Gasteiger partial charge on any atom is 0.266 e. The van der Waals surface area contributed by atoms with Gasteiger partial charge in [0.05, 0.1) is 5.52 Å². The van der Waals surface area contributed by atoms with Crippen LogP contribution in [0.5, 0.6) is 5.75 Å². The van der Waals surface area contributed by atoms with Gasteiger partial charge in [-0.15, -0.1) is 0 Å². The van der Waals surface area contributed by atoms with E-state index in [1.807, 2.05) is 13.0 Å². The maximum absolute atomic E-state index is 12.5. The highest BCUT2D eigenvalue weighted by atomic mass is 79.9. The van der Waals surface area contributed by atoms with Crippen LogP contribution in [0.1, 0.15) is 21.6 Å². The van der Waals surface area contributed by atoms with E-state index in [0.29, 0.717) is 16.7 Å². The van der Waals surface area contributed by atoms with Gasteiger partial charge in [0.15, 0.2) is 0 Å². The predicted octanol–water partition coefficient (Wildman–Crippen LogP) is 3.26. The summed E-state index contributed by atoms with van der Waals surface area (Å²) in [5.74, 6) is -0.754. The van der Waals surface area contributed by atoms with Crippen LogP contribution in [0.3, 0.4) is 0 Å². The number of amides is 1. The molecule has 3 rings (SSSR count). The SMILES string of the molecule is Cc1cc(C)nc(NC(=O)c2c(O)c3cc(Br)ccc3[nH]c2=O)c1. The average Bonchev–Trinajstić information content (AvgIpc) is 2.47. The van der Waals surface area contributed by atoms with Gasteiger partial charge in [-0.3, -0.25) is 9.59 Å². The second kappa shape index (κ2) is 6.09. The predicted molar refractivity (Wildman–Crippen MR) is 95.6 cm³/mol. The third kappa shape index (κ3) is 3.03. The second-order valence-corrected chi connectivity index (χ2v) is 6.41. The van der Waals surface area contributed by atoms with Crippen LogP contribution in [0.25, 0.3) is 10.9 Å². The summed E-state index contributed by atoms with van der Waals surface area (Å²) in [6.45, 7) is 3.68. The molecule has 0 atom stereocenters. The molecule has 0 spiro atoms. The fraction of sp³-hybridized carbons (Fsp3) is 0.118. The first-order chi connectivity index (χ1) is 11.3. The number of halogens is 1. The molecule has 0 aliphatic rings. The largest absolute Gasteiger partial charge is 0.506 e. The number of nitrogens with zero attached hydrogens (tertiary/aromatic N) is 1. The average molecular weight is 388 g/mol. The lowest BCUT2D eigenvalue weighted by Gasteiger charge is -2.09. The molecule has 7 heteroatoms. The zero-order valence-corrected chi connectivity index (χ0v) is 14.6. The number of pyridine rings is 2. The number of carbonyl (C=O) groups excluding carboxylic acids is 1. The maximum atomic E-state index is 12.5. The molecule has 3 N–H and O–H groups in total. The van der Waals surface area contributed by atoms with Crippen molar-refractivity contribution in [2.24, 2.45) is 0 Å². The Morgan fingerprint density at radius 1 is 1.25 bits per heavy atom. The summed E-state index contributed by atoms with van der Waals surface area (Å²) in [5.41, 5.74) is 1.11. The van der Waals surface area contributed by atoms with Crippen LogP contribution >= 0.6 is 15.9 Å². The van der Waals surface area contributed by atoms with Crippen LogP contribution in [0.15, 0.2) is 39.6 Å². The molecule has 0 radical (unpaired) electrons. The molecule has 0 saturated carbocycles. The quantitative estimate of drug-likeness (QED) is 0.628. The minimum atomic E-state index is -0.715. The molecule has 0 bridgehead atoms. The topological polar surface area (TPSA) is 95.1 Å². The van der Waals surface area contributed by atoms with E-state index in [1.165, 1.54) is 0 Å². The Kier molecular flexibility index (Phi) is 4.11. The van der Waals surface area contributed by atoms with Crippen molar-refractivity contribution in [3.63, 3.8) is 0 Å². The highest BCUT2D eigenvalue weighted by Gasteiger charge is 2.20. The number of H-pyrrole nitrogens is 1. The molecular weight excluding hydrogens is 374 g/mol. The minimum absolute atomic E-state index is 0.325. The summed E-state index contributed by atoms with van der Waals surface area (Å²) in [4.78, 5) is 31.5. The zero-order valence-electron chi connectivity index (χ0n) is 13.0. The number of rotatable bonds is 2. The van der Waals surface area contributed by atoms with Crippen LogP contribution in [0.4, 0.5) is 5.82 Å². The van der Waals surface area contributed by atoms with Crippen molar-refractivity contribution in [1.29, 1.82) is 0 Å². The van der Waals surface area contributed by atoms with Gasteiger partial charge in [0, 0.05) is 15.6 Å². The van der Waals surface area contributed by atoms with Gasteiger partial charge < -0.3 is 15.4 Å². The van der Waals surface area contributed by atoms with Crippen molar-refractivity contribution in [2.75, 3.05) is 5.32 Å². The van der Waals surface area contributed by atoms with E-state index in [4.69, 9.17) is 0 Å². The number of aromatic hydroxyl groups is 1. The van der Waals surface area contributed by atoms with Gasteiger partial charge in [0.2, 0.25) is 0 Å². The van der Waals surface area contributed by atoms with Crippen LogP contribution in [0, 0.1) is 13.8 Å². The van der Waals surface area contributed by atoms with E-state index >= 15 is 0 Å². The Bertz CT molecular complexity index is 1010. The summed E-state index contributed by atoms with van der Waals surface area (Å²) in [6.07, 6.45) is 0. The summed E-state index contributed by atoms with van der Waals surface area (Å²) < 4.78 is 0.722. The monoisotopic (exact) mass is 387 g/mol. The highest BCUT2D eigenvalue weighted by molar-refractivity contribution is 9.10. The molecule has 0 aliphatic carbocycles. The van der Waals surface area contributed by atoms with Gasteiger partial charge in [-0.2, -0.15) is 0 Å². The first kappa shape index (κ1) is 16.2. The minimum Gasteiger partial charge on any atom is -0.506 e. The van der Waals surface area contributed by atoms with Gasteiger partial charge in [0.25, 0.3) is 11.5 Å². The Hall–Kier alpha value is -2.67. The molecule has 6 nitrogen and oxygen atoms in total. The van der Waals surface area contributed by atoms with Crippen molar-refractivity contribution in [3.8, 4) is 5.75 Å². The van der Waals surface area contributed by atoms with Crippen LogP contribution < -0.4 is 10.9 Å².